The number of thioether (sulfide) groups is 1. The van der Waals surface area contributed by atoms with E-state index in [1.807, 2.05) is 11.8 Å². The van der Waals surface area contributed by atoms with E-state index < -0.39 is 10.0 Å². The minimum Gasteiger partial charge on any atom is -0.300 e. The van der Waals surface area contributed by atoms with Crippen LogP contribution in [-0.2, 0) is 14.8 Å². The summed E-state index contributed by atoms with van der Waals surface area (Å²) >= 11 is 1.98. The van der Waals surface area contributed by atoms with Gasteiger partial charge in [0.15, 0.2) is 0 Å². The first-order valence-electron chi connectivity index (χ1n) is 7.49. The van der Waals surface area contributed by atoms with Gasteiger partial charge in [-0.2, -0.15) is 11.8 Å². The Morgan fingerprint density at radius 3 is 2.45 bits per heavy atom. The fraction of sp³-hybridized carbons (Fsp3) is 0.929. The molecule has 2 fully saturated rings. The molecule has 116 valence electrons. The Labute approximate surface area is 126 Å². The highest BCUT2D eigenvalue weighted by Crippen LogP contribution is 2.28. The number of hydrogen-bond acceptors (Lipinski definition) is 4. The van der Waals surface area contributed by atoms with Crippen LogP contribution in [0.2, 0.25) is 0 Å². The maximum absolute atomic E-state index is 12.2. The molecule has 0 spiro atoms. The van der Waals surface area contributed by atoms with E-state index in [2.05, 4.69) is 0 Å². The fourth-order valence-corrected chi connectivity index (χ4v) is 5.32. The van der Waals surface area contributed by atoms with Gasteiger partial charge in [0.05, 0.1) is 6.26 Å². The van der Waals surface area contributed by atoms with Gasteiger partial charge < -0.3 is 0 Å². The molecule has 1 unspecified atom stereocenters. The molecule has 20 heavy (non-hydrogen) atoms. The molecule has 0 saturated carbocycles. The number of carbonyl (C=O) groups is 1. The van der Waals surface area contributed by atoms with Gasteiger partial charge in [-0.25, -0.2) is 12.7 Å². The molecule has 0 radical (unpaired) electrons. The van der Waals surface area contributed by atoms with Crippen molar-refractivity contribution in [2.75, 3.05) is 30.9 Å². The molecule has 2 aliphatic rings. The molecule has 0 bridgehead atoms. The Hall–Kier alpha value is -0.0700. The molecule has 0 aromatic rings. The van der Waals surface area contributed by atoms with Gasteiger partial charge in [0, 0.05) is 25.9 Å². The normalized spacial score (nSPS) is 26.6. The summed E-state index contributed by atoms with van der Waals surface area (Å²) in [7, 11) is -3.10. The van der Waals surface area contributed by atoms with Crippen molar-refractivity contribution in [1.82, 2.24) is 4.31 Å². The highest BCUT2D eigenvalue weighted by Gasteiger charge is 2.28. The maximum Gasteiger partial charge on any atom is 0.211 e. The Balaban J connectivity index is 1.78. The second-order valence-electron chi connectivity index (χ2n) is 6.13. The molecule has 2 saturated heterocycles. The third-order valence-corrected chi connectivity index (χ3v) is 6.64. The van der Waals surface area contributed by atoms with Crippen molar-refractivity contribution >= 4 is 27.6 Å². The van der Waals surface area contributed by atoms with Crippen LogP contribution in [0.25, 0.3) is 0 Å². The summed E-state index contributed by atoms with van der Waals surface area (Å²) in [6, 6.07) is 0. The summed E-state index contributed by atoms with van der Waals surface area (Å²) in [6.07, 6.45) is 6.72. The number of Topliss-reactive ketones (excluding diaryl/α,β-unsaturated/α-hetero) is 1. The second-order valence-corrected chi connectivity index (χ2v) is 9.34. The third kappa shape index (κ3) is 5.04. The highest BCUT2D eigenvalue weighted by atomic mass is 32.2. The predicted octanol–water partition coefficient (Wildman–Crippen LogP) is 2.15. The summed E-state index contributed by atoms with van der Waals surface area (Å²) in [5.74, 6) is 3.50. The summed E-state index contributed by atoms with van der Waals surface area (Å²) in [6.45, 7) is 1.15. The molecular weight excluding hydrogens is 294 g/mol. The first-order valence-corrected chi connectivity index (χ1v) is 10.5. The van der Waals surface area contributed by atoms with Crippen molar-refractivity contribution < 1.29 is 13.2 Å². The van der Waals surface area contributed by atoms with Crippen molar-refractivity contribution in [2.45, 2.75) is 38.5 Å². The lowest BCUT2D eigenvalue weighted by Crippen LogP contribution is -2.39. The average Bonchev–Trinajstić information content (AvgIpc) is 2.39. The van der Waals surface area contributed by atoms with Crippen LogP contribution >= 0.6 is 11.8 Å². The van der Waals surface area contributed by atoms with Crippen LogP contribution < -0.4 is 0 Å². The van der Waals surface area contributed by atoms with E-state index in [1.54, 1.807) is 0 Å². The number of ketones is 1. The zero-order chi connectivity index (χ0) is 14.6. The quantitative estimate of drug-likeness (QED) is 0.779. The van der Waals surface area contributed by atoms with Gasteiger partial charge in [-0.05, 0) is 49.0 Å². The van der Waals surface area contributed by atoms with E-state index in [1.165, 1.54) is 22.1 Å². The number of piperidine rings is 1. The third-order valence-electron chi connectivity index (χ3n) is 4.32. The lowest BCUT2D eigenvalue weighted by atomic mass is 9.89. The van der Waals surface area contributed by atoms with E-state index in [9.17, 15) is 13.2 Å². The van der Waals surface area contributed by atoms with E-state index in [4.69, 9.17) is 0 Å². The lowest BCUT2D eigenvalue weighted by molar-refractivity contribution is -0.121. The van der Waals surface area contributed by atoms with Gasteiger partial charge >= 0.3 is 0 Å². The Morgan fingerprint density at radius 2 is 1.80 bits per heavy atom. The van der Waals surface area contributed by atoms with Gasteiger partial charge in [-0.15, -0.1) is 0 Å². The fourth-order valence-electron chi connectivity index (χ4n) is 3.17. The molecule has 0 amide bonds. The summed E-state index contributed by atoms with van der Waals surface area (Å²) < 4.78 is 24.7. The standard InChI is InChI=1S/C14H25NO3S2/c1-20(17,18)15-6-2-3-13(11-15)10-14(16)9-12-4-7-19-8-5-12/h12-13H,2-11H2,1H3. The van der Waals surface area contributed by atoms with Gasteiger partial charge in [0.1, 0.15) is 5.78 Å². The minimum absolute atomic E-state index is 0.226. The van der Waals surface area contributed by atoms with E-state index in [0.29, 0.717) is 37.6 Å². The number of hydrogen-bond donors (Lipinski definition) is 0. The average molecular weight is 319 g/mol. The minimum atomic E-state index is -3.10. The summed E-state index contributed by atoms with van der Waals surface area (Å²) in [4.78, 5) is 12.2. The Morgan fingerprint density at radius 1 is 1.15 bits per heavy atom. The molecule has 2 aliphatic heterocycles. The van der Waals surface area contributed by atoms with Crippen LogP contribution in [0.4, 0.5) is 0 Å². The Kier molecular flexibility index (Phi) is 5.93. The molecule has 4 nitrogen and oxygen atoms in total. The zero-order valence-electron chi connectivity index (χ0n) is 12.2. The van der Waals surface area contributed by atoms with Crippen molar-refractivity contribution in [1.29, 1.82) is 0 Å². The first-order chi connectivity index (χ1) is 9.45. The molecule has 0 aliphatic carbocycles. The van der Waals surface area contributed by atoms with Crippen LogP contribution in [0, 0.1) is 11.8 Å². The van der Waals surface area contributed by atoms with Crippen LogP contribution in [0.3, 0.4) is 0 Å². The van der Waals surface area contributed by atoms with E-state index in [0.717, 1.165) is 25.7 Å². The van der Waals surface area contributed by atoms with Crippen molar-refractivity contribution in [3.05, 3.63) is 0 Å². The number of rotatable bonds is 5. The van der Waals surface area contributed by atoms with Crippen LogP contribution in [0.1, 0.15) is 38.5 Å². The molecule has 6 heteroatoms. The van der Waals surface area contributed by atoms with Gasteiger partial charge in [-0.3, -0.25) is 4.79 Å². The Bertz CT molecular complexity index is 430. The SMILES string of the molecule is CS(=O)(=O)N1CCCC(CC(=O)CC2CCSCC2)C1. The van der Waals surface area contributed by atoms with E-state index in [-0.39, 0.29) is 5.92 Å². The smallest absolute Gasteiger partial charge is 0.211 e. The molecule has 0 N–H and O–H groups in total. The number of nitrogens with zero attached hydrogens (tertiary/aromatic N) is 1. The molecule has 1 atom stereocenters. The summed E-state index contributed by atoms with van der Waals surface area (Å²) in [5.41, 5.74) is 0. The topological polar surface area (TPSA) is 54.5 Å². The first kappa shape index (κ1) is 16.3. The maximum atomic E-state index is 12.2. The van der Waals surface area contributed by atoms with Gasteiger partial charge in [0.2, 0.25) is 10.0 Å². The van der Waals surface area contributed by atoms with Crippen molar-refractivity contribution in [3.63, 3.8) is 0 Å². The second kappa shape index (κ2) is 7.27. The van der Waals surface area contributed by atoms with Crippen molar-refractivity contribution in [2.24, 2.45) is 11.8 Å². The zero-order valence-corrected chi connectivity index (χ0v) is 13.8. The van der Waals surface area contributed by atoms with Gasteiger partial charge in [0.25, 0.3) is 0 Å². The number of sulfonamides is 1. The molecule has 2 rings (SSSR count). The number of carbonyl (C=O) groups excluding carboxylic acids is 1. The molecular formula is C14H25NO3S2. The van der Waals surface area contributed by atoms with Crippen molar-refractivity contribution in [3.8, 4) is 0 Å². The predicted molar refractivity (Wildman–Crippen MR) is 83.4 cm³/mol. The molecule has 0 aromatic carbocycles. The molecule has 0 aromatic heterocycles. The van der Waals surface area contributed by atoms with Crippen LogP contribution in [0.5, 0.6) is 0 Å². The van der Waals surface area contributed by atoms with E-state index >= 15 is 0 Å². The molecule has 2 heterocycles. The monoisotopic (exact) mass is 319 g/mol. The lowest BCUT2D eigenvalue weighted by Gasteiger charge is -2.31. The largest absolute Gasteiger partial charge is 0.300 e. The summed E-state index contributed by atoms with van der Waals surface area (Å²) in [5, 5.41) is 0. The van der Waals surface area contributed by atoms with Gasteiger partial charge in [-0.1, -0.05) is 0 Å². The van der Waals surface area contributed by atoms with Crippen LogP contribution in [0.15, 0.2) is 0 Å². The highest BCUT2D eigenvalue weighted by molar-refractivity contribution is 7.99. The van der Waals surface area contributed by atoms with Crippen LogP contribution in [-0.4, -0.2) is 49.4 Å².